The molecule has 4 aliphatic rings. The summed E-state index contributed by atoms with van der Waals surface area (Å²) in [5.41, 5.74) is 24.8. The lowest BCUT2D eigenvalue weighted by atomic mass is 9.33. The maximum Gasteiger partial charge on any atom is 0.252 e. The van der Waals surface area contributed by atoms with Crippen molar-refractivity contribution >= 4 is 68.6 Å². The van der Waals surface area contributed by atoms with Crippen molar-refractivity contribution in [3.63, 3.8) is 0 Å². The second-order valence-electron chi connectivity index (χ2n) is 24.4. The normalized spacial score (nSPS) is 19.6. The Bertz CT molecular complexity index is 3140. The standard InChI is InChI=1S/C64H70BN3/c1-41-35-42(2)59-50(36-41)63(12)33-19-20-34-64(63,13)68(59)48-30-31-52-55(40-48)66(47-28-25-44(26-29-47)60(3,4)5)56-38-46(62(9,10)11)39-57-58(56)65(52)51-23-17-18-24-54(51)67(57)53-32-27-45(61(6,7)8)37-49(53)43-21-15-14-16-22-43/h14-18,21-32,35-40H,19-20,33-34H2,1-13H3. The quantitative estimate of drug-likeness (QED) is 0.163. The number of nitrogens with zero attached hydrogens (tertiary/aromatic N) is 3. The van der Waals surface area contributed by atoms with E-state index in [1.165, 1.54) is 132 Å². The Morgan fingerprint density at radius 3 is 1.78 bits per heavy atom. The van der Waals surface area contributed by atoms with Crippen LogP contribution in [-0.2, 0) is 21.7 Å². The number of anilines is 8. The molecule has 0 N–H and O–H groups in total. The van der Waals surface area contributed by atoms with Gasteiger partial charge in [0.2, 0.25) is 0 Å². The maximum absolute atomic E-state index is 2.80. The van der Waals surface area contributed by atoms with E-state index in [4.69, 9.17) is 0 Å². The molecule has 7 aromatic carbocycles. The third-order valence-corrected chi connectivity index (χ3v) is 16.8. The lowest BCUT2D eigenvalue weighted by Gasteiger charge is -2.51. The molecule has 2 atom stereocenters. The predicted octanol–water partition coefficient (Wildman–Crippen LogP) is 15.7. The summed E-state index contributed by atoms with van der Waals surface area (Å²) in [7, 11) is 0. The summed E-state index contributed by atoms with van der Waals surface area (Å²) in [5.74, 6) is 0. The molecule has 1 aliphatic carbocycles. The fourth-order valence-corrected chi connectivity index (χ4v) is 12.8. The van der Waals surface area contributed by atoms with E-state index < -0.39 is 0 Å². The van der Waals surface area contributed by atoms with Crippen molar-refractivity contribution in [3.8, 4) is 11.1 Å². The van der Waals surface area contributed by atoms with Crippen molar-refractivity contribution in [3.05, 3.63) is 173 Å². The number of para-hydroxylation sites is 1. The Morgan fingerprint density at radius 1 is 0.485 bits per heavy atom. The molecule has 0 saturated heterocycles. The van der Waals surface area contributed by atoms with Crippen LogP contribution in [0.1, 0.15) is 135 Å². The van der Waals surface area contributed by atoms with Gasteiger partial charge in [-0.3, -0.25) is 0 Å². The first kappa shape index (κ1) is 44.5. The second-order valence-corrected chi connectivity index (χ2v) is 24.4. The van der Waals surface area contributed by atoms with Crippen LogP contribution >= 0.6 is 0 Å². The van der Waals surface area contributed by atoms with Gasteiger partial charge in [-0.25, -0.2) is 0 Å². The van der Waals surface area contributed by atoms with Gasteiger partial charge in [0.05, 0.1) is 11.2 Å². The highest BCUT2D eigenvalue weighted by Crippen LogP contribution is 2.62. The molecule has 1 fully saturated rings. The first-order valence-corrected chi connectivity index (χ1v) is 25.4. The molecular weight excluding hydrogens is 822 g/mol. The van der Waals surface area contributed by atoms with E-state index in [-0.39, 0.29) is 33.9 Å². The molecule has 1 saturated carbocycles. The van der Waals surface area contributed by atoms with Crippen LogP contribution in [0.3, 0.4) is 0 Å². The van der Waals surface area contributed by atoms with Crippen LogP contribution in [0.15, 0.2) is 140 Å². The number of fused-ring (bicyclic) bond motifs is 7. The van der Waals surface area contributed by atoms with Gasteiger partial charge in [0.15, 0.2) is 0 Å². The van der Waals surface area contributed by atoms with Gasteiger partial charge in [-0.05, 0) is 154 Å². The molecule has 7 aromatic rings. The number of benzene rings is 7. The molecule has 3 heterocycles. The highest BCUT2D eigenvalue weighted by molar-refractivity contribution is 7.00. The zero-order valence-corrected chi connectivity index (χ0v) is 43.0. The number of hydrogen-bond donors (Lipinski definition) is 0. The van der Waals surface area contributed by atoms with Gasteiger partial charge < -0.3 is 14.7 Å². The first-order valence-electron chi connectivity index (χ1n) is 25.4. The predicted molar refractivity (Wildman–Crippen MR) is 294 cm³/mol. The van der Waals surface area contributed by atoms with Gasteiger partial charge in [0.1, 0.15) is 0 Å². The van der Waals surface area contributed by atoms with E-state index >= 15 is 0 Å². The van der Waals surface area contributed by atoms with Crippen molar-refractivity contribution in [2.75, 3.05) is 14.7 Å². The number of hydrogen-bond acceptors (Lipinski definition) is 3. The highest BCUT2D eigenvalue weighted by Gasteiger charge is 2.58. The van der Waals surface area contributed by atoms with Gasteiger partial charge >= 0.3 is 0 Å². The average Bonchev–Trinajstić information content (AvgIpc) is 3.51. The van der Waals surface area contributed by atoms with Crippen LogP contribution in [0, 0.1) is 13.8 Å². The monoisotopic (exact) mass is 892 g/mol. The van der Waals surface area contributed by atoms with Crippen molar-refractivity contribution < 1.29 is 0 Å². The Morgan fingerprint density at radius 2 is 1.09 bits per heavy atom. The van der Waals surface area contributed by atoms with E-state index in [0.717, 1.165) is 0 Å². The van der Waals surface area contributed by atoms with Crippen molar-refractivity contribution in [1.82, 2.24) is 0 Å². The largest absolute Gasteiger partial charge is 0.334 e. The lowest BCUT2D eigenvalue weighted by Crippen LogP contribution is -2.61. The third kappa shape index (κ3) is 6.67. The van der Waals surface area contributed by atoms with Crippen LogP contribution in [0.25, 0.3) is 11.1 Å². The van der Waals surface area contributed by atoms with Crippen LogP contribution in [0.5, 0.6) is 0 Å². The van der Waals surface area contributed by atoms with Crippen molar-refractivity contribution in [1.29, 1.82) is 0 Å². The average molecular weight is 892 g/mol. The molecule has 0 spiro atoms. The number of rotatable bonds is 4. The minimum Gasteiger partial charge on any atom is -0.334 e. The third-order valence-electron chi connectivity index (χ3n) is 16.8. The van der Waals surface area contributed by atoms with E-state index in [9.17, 15) is 0 Å². The van der Waals surface area contributed by atoms with Gasteiger partial charge in [0, 0.05) is 50.8 Å². The lowest BCUT2D eigenvalue weighted by molar-refractivity contribution is 0.195. The second kappa shape index (κ2) is 15.3. The number of aryl methyl sites for hydroxylation is 2. The summed E-state index contributed by atoms with van der Waals surface area (Å²) in [6, 6.07) is 54.6. The molecule has 0 amide bonds. The zero-order chi connectivity index (χ0) is 47.9. The topological polar surface area (TPSA) is 9.72 Å². The summed E-state index contributed by atoms with van der Waals surface area (Å²) in [6.45, 7) is 30.9. The van der Waals surface area contributed by atoms with E-state index in [1.54, 1.807) is 0 Å². The summed E-state index contributed by atoms with van der Waals surface area (Å²) in [4.78, 5) is 8.06. The van der Waals surface area contributed by atoms with Gasteiger partial charge in [-0.1, -0.05) is 173 Å². The molecule has 0 bridgehead atoms. The Labute approximate surface area is 408 Å². The smallest absolute Gasteiger partial charge is 0.252 e. The molecule has 344 valence electrons. The minimum absolute atomic E-state index is 0.00824. The van der Waals surface area contributed by atoms with Gasteiger partial charge in [-0.15, -0.1) is 0 Å². The van der Waals surface area contributed by atoms with E-state index in [2.05, 4.69) is 244 Å². The molecule has 68 heavy (non-hydrogen) atoms. The van der Waals surface area contributed by atoms with Crippen LogP contribution < -0.4 is 31.1 Å². The van der Waals surface area contributed by atoms with E-state index in [1.807, 2.05) is 0 Å². The molecule has 11 rings (SSSR count). The Kier molecular flexibility index (Phi) is 9.98. The van der Waals surface area contributed by atoms with E-state index in [0.29, 0.717) is 0 Å². The maximum atomic E-state index is 2.80. The molecule has 4 heteroatoms. The SMILES string of the molecule is Cc1cc(C)c2c(c1)C1(C)CCCCC1(C)N2c1ccc2c(c1)N(c1ccc(C(C)(C)C)cc1)c1cc(C(C)(C)C)cc3c1B2c1ccccc1N3c1ccc(C(C)(C)C)cc1-c1ccccc1. The van der Waals surface area contributed by atoms with Gasteiger partial charge in [-0.2, -0.15) is 0 Å². The summed E-state index contributed by atoms with van der Waals surface area (Å²) < 4.78 is 0. The van der Waals surface area contributed by atoms with Gasteiger partial charge in [0.25, 0.3) is 6.71 Å². The first-order chi connectivity index (χ1) is 32.2. The highest BCUT2D eigenvalue weighted by atomic mass is 15.3. The summed E-state index contributed by atoms with van der Waals surface area (Å²) >= 11 is 0. The molecule has 2 unspecified atom stereocenters. The molecule has 0 aromatic heterocycles. The minimum atomic E-state index is -0.124. The molecule has 3 aliphatic heterocycles. The van der Waals surface area contributed by atoms with Crippen LogP contribution in [0.2, 0.25) is 0 Å². The van der Waals surface area contributed by atoms with Crippen LogP contribution in [0.4, 0.5) is 45.5 Å². The van der Waals surface area contributed by atoms with Crippen LogP contribution in [-0.4, -0.2) is 12.3 Å². The fraction of sp³-hybridized carbons (Fsp3) is 0.344. The molecule has 0 radical (unpaired) electrons. The molecule has 3 nitrogen and oxygen atoms in total. The summed E-state index contributed by atoms with van der Waals surface area (Å²) in [5, 5.41) is 0. The fourth-order valence-electron chi connectivity index (χ4n) is 12.8. The Balaban J connectivity index is 1.22. The molecular formula is C64H70BN3. The Hall–Kier alpha value is -6.00. The van der Waals surface area contributed by atoms with Crippen molar-refractivity contribution in [2.24, 2.45) is 0 Å². The summed E-state index contributed by atoms with van der Waals surface area (Å²) in [6.07, 6.45) is 4.90. The zero-order valence-electron chi connectivity index (χ0n) is 43.0. The van der Waals surface area contributed by atoms with Crippen molar-refractivity contribution in [2.45, 2.75) is 143 Å².